The third kappa shape index (κ3) is 7.22. The van der Waals surface area contributed by atoms with Crippen molar-refractivity contribution < 1.29 is 19.4 Å². The molecule has 1 aromatic carbocycles. The number of benzene rings is 1. The number of anilines is 1. The Bertz CT molecular complexity index is 1030. The average Bonchev–Trinajstić information content (AvgIpc) is 2.77. The first-order valence-electron chi connectivity index (χ1n) is 13.2. The van der Waals surface area contributed by atoms with Gasteiger partial charge in [0.25, 0.3) is 0 Å². The van der Waals surface area contributed by atoms with E-state index in [4.69, 9.17) is 9.47 Å². The summed E-state index contributed by atoms with van der Waals surface area (Å²) in [6.45, 7) is 18.9. The number of hydrogen-bond acceptors (Lipinski definition) is 5. The first kappa shape index (κ1) is 28.0. The highest BCUT2D eigenvalue weighted by atomic mass is 16.5. The Morgan fingerprint density at radius 3 is 2.28 bits per heavy atom. The molecule has 1 aliphatic rings. The van der Waals surface area contributed by atoms with Gasteiger partial charge < -0.3 is 19.5 Å². The van der Waals surface area contributed by atoms with Gasteiger partial charge in [-0.3, -0.25) is 4.98 Å². The van der Waals surface area contributed by atoms with Crippen LogP contribution < -0.4 is 9.64 Å². The van der Waals surface area contributed by atoms with E-state index in [-0.39, 0.29) is 5.41 Å². The Morgan fingerprint density at radius 1 is 1.14 bits per heavy atom. The number of piperidine rings is 1. The van der Waals surface area contributed by atoms with Crippen molar-refractivity contribution in [3.05, 3.63) is 41.7 Å². The maximum Gasteiger partial charge on any atom is 0.337 e. The molecule has 1 aromatic heterocycles. The van der Waals surface area contributed by atoms with E-state index in [9.17, 15) is 9.90 Å². The molecule has 1 unspecified atom stereocenters. The third-order valence-corrected chi connectivity index (χ3v) is 6.81. The van der Waals surface area contributed by atoms with Crippen LogP contribution in [0.1, 0.15) is 85.1 Å². The number of carboxylic acids is 1. The maximum absolute atomic E-state index is 12.5. The molecule has 1 fully saturated rings. The standard InChI is InChI=1S/C30H44N2O4/c1-20(2)13-18-35-23-11-9-22(10-12-23)24-19-31-21(3)25(27(28(33)34)36-29(4,5)6)26(24)32-16-14-30(7,8)15-17-32/h9-12,19-20,27H,13-18H2,1-8H3,(H,33,34). The lowest BCUT2D eigenvalue weighted by Crippen LogP contribution is -2.39. The molecular formula is C30H44N2O4. The van der Waals surface area contributed by atoms with Gasteiger partial charge in [-0.2, -0.15) is 0 Å². The van der Waals surface area contributed by atoms with Crippen molar-refractivity contribution in [3.63, 3.8) is 0 Å². The SMILES string of the molecule is Cc1ncc(-c2ccc(OCCC(C)C)cc2)c(N2CCC(C)(C)CC2)c1C(OC(C)(C)C)C(=O)O. The van der Waals surface area contributed by atoms with Gasteiger partial charge in [0, 0.05) is 36.1 Å². The highest BCUT2D eigenvalue weighted by molar-refractivity contribution is 5.86. The third-order valence-electron chi connectivity index (χ3n) is 6.81. The molecule has 1 N–H and O–H groups in total. The van der Waals surface area contributed by atoms with Crippen molar-refractivity contribution >= 4 is 11.7 Å². The lowest BCUT2D eigenvalue weighted by Gasteiger charge is -2.41. The minimum Gasteiger partial charge on any atom is -0.494 e. The number of nitrogens with zero attached hydrogens (tertiary/aromatic N) is 2. The number of ether oxygens (including phenoxy) is 2. The van der Waals surface area contributed by atoms with Gasteiger partial charge in [-0.25, -0.2) is 4.79 Å². The van der Waals surface area contributed by atoms with E-state index in [0.29, 0.717) is 23.8 Å². The van der Waals surface area contributed by atoms with E-state index in [1.807, 2.05) is 58.2 Å². The van der Waals surface area contributed by atoms with Crippen LogP contribution in [0.4, 0.5) is 5.69 Å². The summed E-state index contributed by atoms with van der Waals surface area (Å²) in [5.41, 5.74) is 3.80. The number of aliphatic carboxylic acids is 1. The van der Waals surface area contributed by atoms with Crippen LogP contribution in [0.15, 0.2) is 30.5 Å². The number of aromatic nitrogens is 1. The Hall–Kier alpha value is -2.60. The summed E-state index contributed by atoms with van der Waals surface area (Å²) in [6, 6.07) is 8.05. The first-order valence-corrected chi connectivity index (χ1v) is 13.2. The molecule has 0 saturated carbocycles. The Kier molecular flexibility index (Phi) is 8.71. The Morgan fingerprint density at radius 2 is 1.75 bits per heavy atom. The minimum absolute atomic E-state index is 0.266. The fourth-order valence-corrected chi connectivity index (χ4v) is 4.54. The van der Waals surface area contributed by atoms with Crippen LogP contribution in [0.25, 0.3) is 11.1 Å². The van der Waals surface area contributed by atoms with Crippen LogP contribution in [-0.2, 0) is 9.53 Å². The fourth-order valence-electron chi connectivity index (χ4n) is 4.54. The van der Waals surface area contributed by atoms with Gasteiger partial charge in [-0.05, 0) is 76.0 Å². The molecule has 0 aliphatic carbocycles. The lowest BCUT2D eigenvalue weighted by molar-refractivity contribution is -0.160. The van der Waals surface area contributed by atoms with Crippen LogP contribution in [0.5, 0.6) is 5.75 Å². The zero-order valence-electron chi connectivity index (χ0n) is 23.4. The summed E-state index contributed by atoms with van der Waals surface area (Å²) in [5, 5.41) is 10.3. The van der Waals surface area contributed by atoms with Crippen molar-refractivity contribution in [2.45, 2.75) is 86.4 Å². The highest BCUT2D eigenvalue weighted by Gasteiger charge is 2.35. The van der Waals surface area contributed by atoms with E-state index in [1.165, 1.54) is 0 Å². The summed E-state index contributed by atoms with van der Waals surface area (Å²) >= 11 is 0. The summed E-state index contributed by atoms with van der Waals surface area (Å²) in [6.07, 6.45) is 3.84. The van der Waals surface area contributed by atoms with E-state index in [0.717, 1.165) is 54.9 Å². The molecule has 0 amide bonds. The predicted molar refractivity (Wildman–Crippen MR) is 146 cm³/mol. The molecule has 198 valence electrons. The van der Waals surface area contributed by atoms with Crippen LogP contribution in [0.3, 0.4) is 0 Å². The minimum atomic E-state index is -1.11. The number of hydrogen-bond donors (Lipinski definition) is 1. The molecule has 1 saturated heterocycles. The molecule has 6 heteroatoms. The van der Waals surface area contributed by atoms with Gasteiger partial charge in [0.15, 0.2) is 6.10 Å². The molecule has 1 aliphatic heterocycles. The van der Waals surface area contributed by atoms with Gasteiger partial charge in [0.2, 0.25) is 0 Å². The second-order valence-electron chi connectivity index (χ2n) is 12.2. The number of carboxylic acid groups (broad SMARTS) is 1. The lowest BCUT2D eigenvalue weighted by atomic mass is 9.82. The van der Waals surface area contributed by atoms with Crippen LogP contribution in [-0.4, -0.2) is 41.4 Å². The zero-order valence-corrected chi connectivity index (χ0v) is 23.4. The maximum atomic E-state index is 12.5. The molecule has 2 heterocycles. The van der Waals surface area contributed by atoms with Gasteiger partial charge in [-0.15, -0.1) is 0 Å². The van der Waals surface area contributed by atoms with Crippen molar-refractivity contribution in [3.8, 4) is 16.9 Å². The highest BCUT2D eigenvalue weighted by Crippen LogP contribution is 2.43. The molecule has 3 rings (SSSR count). The van der Waals surface area contributed by atoms with Gasteiger partial charge in [0.1, 0.15) is 5.75 Å². The van der Waals surface area contributed by atoms with Crippen molar-refractivity contribution in [1.29, 1.82) is 0 Å². The van der Waals surface area contributed by atoms with Crippen LogP contribution in [0.2, 0.25) is 0 Å². The quantitative estimate of drug-likeness (QED) is 0.401. The molecule has 6 nitrogen and oxygen atoms in total. The molecule has 2 aromatic rings. The summed E-state index contributed by atoms with van der Waals surface area (Å²) in [4.78, 5) is 19.5. The summed E-state index contributed by atoms with van der Waals surface area (Å²) in [5.74, 6) is 0.427. The van der Waals surface area contributed by atoms with E-state index in [1.54, 1.807) is 0 Å². The number of aryl methyl sites for hydroxylation is 1. The normalized spacial score (nSPS) is 16.8. The van der Waals surface area contributed by atoms with Crippen LogP contribution >= 0.6 is 0 Å². The molecule has 36 heavy (non-hydrogen) atoms. The second-order valence-corrected chi connectivity index (χ2v) is 12.2. The topological polar surface area (TPSA) is 71.9 Å². The zero-order chi connectivity index (χ0) is 26.7. The molecule has 0 radical (unpaired) electrons. The van der Waals surface area contributed by atoms with Gasteiger partial charge in [0.05, 0.1) is 17.9 Å². The van der Waals surface area contributed by atoms with E-state index >= 15 is 0 Å². The monoisotopic (exact) mass is 496 g/mol. The van der Waals surface area contributed by atoms with Crippen LogP contribution in [0, 0.1) is 18.3 Å². The van der Waals surface area contributed by atoms with E-state index in [2.05, 4.69) is 37.6 Å². The van der Waals surface area contributed by atoms with Crippen molar-refractivity contribution in [1.82, 2.24) is 4.98 Å². The van der Waals surface area contributed by atoms with Gasteiger partial charge >= 0.3 is 5.97 Å². The predicted octanol–water partition coefficient (Wildman–Crippen LogP) is 7.05. The van der Waals surface area contributed by atoms with Gasteiger partial charge in [-0.1, -0.05) is 39.8 Å². The smallest absolute Gasteiger partial charge is 0.337 e. The Balaban J connectivity index is 2.09. The molecule has 0 spiro atoms. The molecular weight excluding hydrogens is 452 g/mol. The number of rotatable bonds is 9. The average molecular weight is 497 g/mol. The Labute approximate surface area is 217 Å². The summed E-state index contributed by atoms with van der Waals surface area (Å²) in [7, 11) is 0. The van der Waals surface area contributed by atoms with E-state index < -0.39 is 17.7 Å². The number of carbonyl (C=O) groups is 1. The van der Waals surface area contributed by atoms with Crippen molar-refractivity contribution in [2.24, 2.45) is 11.3 Å². The molecule has 1 atom stereocenters. The first-order chi connectivity index (χ1) is 16.8. The number of pyridine rings is 1. The second kappa shape index (κ2) is 11.2. The fraction of sp³-hybridized carbons (Fsp3) is 0.600. The summed E-state index contributed by atoms with van der Waals surface area (Å²) < 4.78 is 12.0. The van der Waals surface area contributed by atoms with Crippen molar-refractivity contribution in [2.75, 3.05) is 24.6 Å². The molecule has 0 bridgehead atoms. The largest absolute Gasteiger partial charge is 0.494 e.